The molecule has 0 radical (unpaired) electrons. The van der Waals surface area contributed by atoms with E-state index in [0.717, 1.165) is 42.6 Å². The van der Waals surface area contributed by atoms with Crippen molar-refractivity contribution in [3.8, 4) is 5.75 Å². The predicted octanol–water partition coefficient (Wildman–Crippen LogP) is 5.87. The zero-order chi connectivity index (χ0) is 25.0. The van der Waals surface area contributed by atoms with Crippen LogP contribution in [-0.4, -0.2) is 41.1 Å². The van der Waals surface area contributed by atoms with Crippen molar-refractivity contribution in [1.82, 2.24) is 4.90 Å². The molecule has 1 amide bonds. The molecule has 7 aliphatic rings. The van der Waals surface area contributed by atoms with Gasteiger partial charge in [-0.15, -0.1) is 0 Å². The number of amides is 1. The van der Waals surface area contributed by atoms with Crippen LogP contribution in [0.4, 0.5) is 4.39 Å². The van der Waals surface area contributed by atoms with E-state index in [1.807, 2.05) is 0 Å². The summed E-state index contributed by atoms with van der Waals surface area (Å²) in [6.45, 7) is 5.18. The SMILES string of the molecule is CC1(C)C[C@H]2CN(C(=O)c3cc(C4CC4)c(OCC45CC6CC(CC(C6)C4)C5)cc3F)[C@H](C(=O)O)[C@H]21. The molecule has 6 aliphatic carbocycles. The fourth-order valence-electron chi connectivity index (χ4n) is 9.76. The number of benzene rings is 1. The van der Waals surface area contributed by atoms with E-state index in [-0.39, 0.29) is 28.2 Å². The Morgan fingerprint density at radius 1 is 1.06 bits per heavy atom. The number of rotatable bonds is 6. The summed E-state index contributed by atoms with van der Waals surface area (Å²) in [6, 6.07) is 2.22. The second-order valence-electron chi connectivity index (χ2n) is 14.1. The first-order valence-electron chi connectivity index (χ1n) is 14.1. The van der Waals surface area contributed by atoms with E-state index in [0.29, 0.717) is 24.8 Å². The standard InChI is InChI=1S/C30H38FNO4/c1-29(2)13-20-14-32(26(25(20)29)28(34)35)27(33)22-8-21(19-3-4-19)24(9-23(22)31)36-15-30-10-16-5-17(11-30)7-18(6-16)12-30/h8-9,16-20,25-26H,3-7,10-15H2,1-2H3,(H,34,35)/t16?,17?,18?,20-,25-,26-,30?/m0/s1. The van der Waals surface area contributed by atoms with Gasteiger partial charge in [0.25, 0.3) is 5.91 Å². The van der Waals surface area contributed by atoms with E-state index in [1.165, 1.54) is 49.5 Å². The maximum absolute atomic E-state index is 15.5. The van der Waals surface area contributed by atoms with Crippen molar-refractivity contribution in [3.05, 3.63) is 29.1 Å². The highest BCUT2D eigenvalue weighted by Gasteiger charge is 2.61. The molecule has 36 heavy (non-hydrogen) atoms. The molecule has 6 saturated carbocycles. The van der Waals surface area contributed by atoms with Crippen molar-refractivity contribution in [2.75, 3.05) is 13.2 Å². The number of carboxylic acids is 1. The third-order valence-electron chi connectivity index (χ3n) is 10.9. The summed E-state index contributed by atoms with van der Waals surface area (Å²) in [7, 11) is 0. The maximum Gasteiger partial charge on any atom is 0.326 e. The van der Waals surface area contributed by atoms with Gasteiger partial charge in [0.1, 0.15) is 17.6 Å². The van der Waals surface area contributed by atoms with E-state index in [1.54, 1.807) is 6.07 Å². The number of carbonyl (C=O) groups is 2. The highest BCUT2D eigenvalue weighted by atomic mass is 19.1. The second-order valence-corrected chi connectivity index (χ2v) is 14.1. The molecule has 1 aliphatic heterocycles. The number of nitrogens with zero attached hydrogens (tertiary/aromatic N) is 1. The van der Waals surface area contributed by atoms with Crippen molar-refractivity contribution < 1.29 is 23.8 Å². The van der Waals surface area contributed by atoms with Crippen LogP contribution in [0.5, 0.6) is 5.75 Å². The minimum atomic E-state index is -0.984. The van der Waals surface area contributed by atoms with Crippen molar-refractivity contribution >= 4 is 11.9 Å². The fraction of sp³-hybridized carbons (Fsp3) is 0.733. The van der Waals surface area contributed by atoms with E-state index in [2.05, 4.69) is 13.8 Å². The molecule has 1 N–H and O–H groups in total. The quantitative estimate of drug-likeness (QED) is 0.536. The van der Waals surface area contributed by atoms with E-state index < -0.39 is 23.7 Å². The summed E-state index contributed by atoms with van der Waals surface area (Å²) in [4.78, 5) is 27.2. The van der Waals surface area contributed by atoms with Crippen LogP contribution in [0.1, 0.15) is 93.5 Å². The van der Waals surface area contributed by atoms with Gasteiger partial charge in [0.2, 0.25) is 0 Å². The first kappa shape index (κ1) is 23.0. The van der Waals surface area contributed by atoms with Crippen LogP contribution in [0, 0.1) is 46.2 Å². The second kappa shape index (κ2) is 7.70. The topological polar surface area (TPSA) is 66.8 Å². The molecule has 6 heteroatoms. The highest BCUT2D eigenvalue weighted by molar-refractivity contribution is 5.98. The third-order valence-corrected chi connectivity index (χ3v) is 10.9. The molecule has 7 fully saturated rings. The Labute approximate surface area is 212 Å². The van der Waals surface area contributed by atoms with Crippen molar-refractivity contribution in [2.45, 2.75) is 83.6 Å². The van der Waals surface area contributed by atoms with Gasteiger partial charge in [-0.05, 0) is 110 Å². The van der Waals surface area contributed by atoms with Crippen molar-refractivity contribution in [2.24, 2.45) is 40.4 Å². The van der Waals surface area contributed by atoms with Gasteiger partial charge >= 0.3 is 5.97 Å². The zero-order valence-corrected chi connectivity index (χ0v) is 21.5. The summed E-state index contributed by atoms with van der Waals surface area (Å²) in [5, 5.41) is 9.98. The summed E-state index contributed by atoms with van der Waals surface area (Å²) >= 11 is 0. The summed E-state index contributed by atoms with van der Waals surface area (Å²) in [5.41, 5.74) is 1.05. The number of halogens is 1. The van der Waals surface area contributed by atoms with E-state index >= 15 is 4.39 Å². The van der Waals surface area contributed by atoms with Crippen LogP contribution in [0.2, 0.25) is 0 Å². The van der Waals surface area contributed by atoms with Gasteiger partial charge in [0, 0.05) is 18.0 Å². The number of carboxylic acid groups (broad SMARTS) is 1. The van der Waals surface area contributed by atoms with E-state index in [4.69, 9.17) is 4.74 Å². The molecule has 194 valence electrons. The number of aliphatic carboxylic acids is 1. The Bertz CT molecular complexity index is 1090. The van der Waals surface area contributed by atoms with Gasteiger partial charge in [-0.2, -0.15) is 0 Å². The first-order chi connectivity index (χ1) is 17.1. The molecule has 0 unspecified atom stereocenters. The van der Waals surface area contributed by atoms with Crippen molar-refractivity contribution in [1.29, 1.82) is 0 Å². The van der Waals surface area contributed by atoms with Crippen LogP contribution >= 0.6 is 0 Å². The van der Waals surface area contributed by atoms with Crippen LogP contribution < -0.4 is 4.74 Å². The monoisotopic (exact) mass is 495 g/mol. The molecule has 0 aromatic heterocycles. The minimum absolute atomic E-state index is 0.00408. The Morgan fingerprint density at radius 2 is 1.69 bits per heavy atom. The average Bonchev–Trinajstić information content (AvgIpc) is 3.57. The average molecular weight is 496 g/mol. The molecule has 1 heterocycles. The molecular formula is C30H38FNO4. The van der Waals surface area contributed by atoms with Gasteiger partial charge in [0.15, 0.2) is 0 Å². The maximum atomic E-state index is 15.5. The minimum Gasteiger partial charge on any atom is -0.493 e. The lowest BCUT2D eigenvalue weighted by Gasteiger charge is -2.56. The largest absolute Gasteiger partial charge is 0.493 e. The summed E-state index contributed by atoms with van der Waals surface area (Å²) in [6.07, 6.45) is 10.8. The Hall–Kier alpha value is -2.11. The molecule has 1 aromatic rings. The van der Waals surface area contributed by atoms with Gasteiger partial charge in [-0.25, -0.2) is 9.18 Å². The van der Waals surface area contributed by atoms with Crippen molar-refractivity contribution in [3.63, 3.8) is 0 Å². The zero-order valence-electron chi connectivity index (χ0n) is 21.5. The summed E-state index contributed by atoms with van der Waals surface area (Å²) in [5.74, 6) is 1.44. The van der Waals surface area contributed by atoms with Gasteiger partial charge < -0.3 is 14.7 Å². The first-order valence-corrected chi connectivity index (χ1v) is 14.1. The molecule has 5 nitrogen and oxygen atoms in total. The Kier molecular flexibility index (Phi) is 4.93. The van der Waals surface area contributed by atoms with Gasteiger partial charge in [-0.3, -0.25) is 4.79 Å². The number of hydrogen-bond donors (Lipinski definition) is 1. The predicted molar refractivity (Wildman–Crippen MR) is 132 cm³/mol. The van der Waals surface area contributed by atoms with Crippen LogP contribution in [0.25, 0.3) is 0 Å². The van der Waals surface area contributed by atoms with E-state index in [9.17, 15) is 14.7 Å². The molecule has 8 rings (SSSR count). The lowest BCUT2D eigenvalue weighted by molar-refractivity contribution is -0.146. The van der Waals surface area contributed by atoms with Crippen LogP contribution in [0.15, 0.2) is 12.1 Å². The Balaban J connectivity index is 1.14. The molecular weight excluding hydrogens is 457 g/mol. The van der Waals surface area contributed by atoms with Gasteiger partial charge in [0.05, 0.1) is 12.2 Å². The number of ether oxygens (including phenoxy) is 1. The molecule has 3 atom stereocenters. The van der Waals surface area contributed by atoms with Crippen LogP contribution in [0.3, 0.4) is 0 Å². The third kappa shape index (κ3) is 3.53. The summed E-state index contributed by atoms with van der Waals surface area (Å²) < 4.78 is 22.0. The fourth-order valence-corrected chi connectivity index (χ4v) is 9.76. The number of hydrogen-bond acceptors (Lipinski definition) is 3. The lowest BCUT2D eigenvalue weighted by Crippen LogP contribution is -2.51. The lowest BCUT2D eigenvalue weighted by atomic mass is 9.50. The molecule has 0 spiro atoms. The highest BCUT2D eigenvalue weighted by Crippen LogP contribution is 2.60. The molecule has 4 bridgehead atoms. The molecule has 1 aromatic carbocycles. The number of likely N-dealkylation sites (tertiary alicyclic amines) is 1. The number of carbonyl (C=O) groups excluding carboxylic acids is 1. The normalized spacial score (nSPS) is 39.6. The van der Waals surface area contributed by atoms with Crippen LogP contribution in [-0.2, 0) is 4.79 Å². The Morgan fingerprint density at radius 3 is 2.25 bits per heavy atom. The van der Waals surface area contributed by atoms with Gasteiger partial charge in [-0.1, -0.05) is 13.8 Å². The smallest absolute Gasteiger partial charge is 0.326 e. The number of fused-ring (bicyclic) bond motifs is 1. The molecule has 1 saturated heterocycles.